The molecule has 0 spiro atoms. The van der Waals surface area contributed by atoms with Gasteiger partial charge in [-0.25, -0.2) is 4.79 Å². The van der Waals surface area contributed by atoms with E-state index in [4.69, 9.17) is 9.84 Å². The van der Waals surface area contributed by atoms with E-state index in [0.717, 1.165) is 0 Å². The molecule has 0 unspecified atom stereocenters. The molecule has 0 bridgehead atoms. The number of carboxylic acid groups (broad SMARTS) is 1. The number of esters is 1. The van der Waals surface area contributed by atoms with Gasteiger partial charge in [0.05, 0.1) is 13.0 Å². The lowest BCUT2D eigenvalue weighted by Crippen LogP contribution is -2.12. The van der Waals surface area contributed by atoms with E-state index in [1.54, 1.807) is 13.0 Å². The van der Waals surface area contributed by atoms with Gasteiger partial charge in [0, 0.05) is 5.57 Å². The fourth-order valence-corrected chi connectivity index (χ4v) is 0.988. The smallest absolute Gasteiger partial charge is 0.334 e. The number of hydrogen-bond donors (Lipinski definition) is 1. The van der Waals surface area contributed by atoms with Crippen LogP contribution in [0.1, 0.15) is 27.2 Å². The molecule has 4 nitrogen and oxygen atoms in total. The highest BCUT2D eigenvalue weighted by atomic mass is 16.5. The van der Waals surface area contributed by atoms with Crippen LogP contribution in [0.25, 0.3) is 0 Å². The van der Waals surface area contributed by atoms with Crippen molar-refractivity contribution in [3.63, 3.8) is 0 Å². The third kappa shape index (κ3) is 5.35. The van der Waals surface area contributed by atoms with Gasteiger partial charge in [0.25, 0.3) is 0 Å². The molecule has 0 saturated carbocycles. The zero-order valence-electron chi connectivity index (χ0n) is 8.74. The van der Waals surface area contributed by atoms with Crippen molar-refractivity contribution in [2.75, 3.05) is 6.61 Å². The fourth-order valence-electron chi connectivity index (χ4n) is 0.988. The number of carbonyl (C=O) groups excluding carboxylic acids is 1. The van der Waals surface area contributed by atoms with Crippen LogP contribution in [0.4, 0.5) is 0 Å². The Morgan fingerprint density at radius 2 is 2.00 bits per heavy atom. The van der Waals surface area contributed by atoms with E-state index in [0.29, 0.717) is 0 Å². The highest BCUT2D eigenvalue weighted by Crippen LogP contribution is 2.09. The summed E-state index contributed by atoms with van der Waals surface area (Å²) in [4.78, 5) is 21.7. The van der Waals surface area contributed by atoms with Gasteiger partial charge < -0.3 is 9.84 Å². The Bertz CT molecular complexity index is 241. The maximum Gasteiger partial charge on any atom is 0.334 e. The van der Waals surface area contributed by atoms with E-state index in [9.17, 15) is 9.59 Å². The van der Waals surface area contributed by atoms with Gasteiger partial charge >= 0.3 is 11.9 Å². The second-order valence-electron chi connectivity index (χ2n) is 3.23. The van der Waals surface area contributed by atoms with Crippen LogP contribution in [-0.2, 0) is 14.3 Å². The molecule has 0 aliphatic heterocycles. The maximum atomic E-state index is 11.3. The summed E-state index contributed by atoms with van der Waals surface area (Å²) in [6.07, 6.45) is 1.34. The van der Waals surface area contributed by atoms with Crippen LogP contribution in [0.3, 0.4) is 0 Å². The van der Waals surface area contributed by atoms with Crippen molar-refractivity contribution in [2.24, 2.45) is 5.92 Å². The van der Waals surface area contributed by atoms with E-state index in [-0.39, 0.29) is 24.5 Å². The first-order chi connectivity index (χ1) is 6.47. The van der Waals surface area contributed by atoms with Crippen LogP contribution >= 0.6 is 0 Å². The highest BCUT2D eigenvalue weighted by Gasteiger charge is 2.14. The van der Waals surface area contributed by atoms with Gasteiger partial charge in [-0.1, -0.05) is 19.9 Å². The third-order valence-corrected chi connectivity index (χ3v) is 1.41. The van der Waals surface area contributed by atoms with Crippen molar-refractivity contribution < 1.29 is 19.4 Å². The van der Waals surface area contributed by atoms with E-state index in [1.807, 2.05) is 13.8 Å². The molecule has 0 amide bonds. The predicted molar refractivity (Wildman–Crippen MR) is 51.8 cm³/mol. The monoisotopic (exact) mass is 200 g/mol. The number of carbonyl (C=O) groups is 2. The lowest BCUT2D eigenvalue weighted by atomic mass is 10.1. The van der Waals surface area contributed by atoms with E-state index in [2.05, 4.69) is 0 Å². The van der Waals surface area contributed by atoms with Gasteiger partial charge in [0.1, 0.15) is 0 Å². The van der Waals surface area contributed by atoms with Gasteiger partial charge in [0.2, 0.25) is 0 Å². The van der Waals surface area contributed by atoms with Crippen molar-refractivity contribution in [2.45, 2.75) is 27.2 Å². The molecule has 0 aromatic heterocycles. The van der Waals surface area contributed by atoms with Crippen molar-refractivity contribution in [3.8, 4) is 0 Å². The van der Waals surface area contributed by atoms with Gasteiger partial charge in [-0.2, -0.15) is 0 Å². The summed E-state index contributed by atoms with van der Waals surface area (Å²) in [5.74, 6) is -1.43. The lowest BCUT2D eigenvalue weighted by Gasteiger charge is -2.05. The molecule has 0 fully saturated rings. The first kappa shape index (κ1) is 12.7. The molecule has 0 aliphatic rings. The molecule has 4 heteroatoms. The van der Waals surface area contributed by atoms with E-state index in [1.165, 1.54) is 0 Å². The second kappa shape index (κ2) is 6.18. The highest BCUT2D eigenvalue weighted by molar-refractivity contribution is 5.93. The van der Waals surface area contributed by atoms with Gasteiger partial charge in [0.15, 0.2) is 0 Å². The summed E-state index contributed by atoms with van der Waals surface area (Å²) in [6, 6.07) is 0. The number of rotatable bonds is 5. The van der Waals surface area contributed by atoms with Crippen molar-refractivity contribution in [1.29, 1.82) is 0 Å². The number of ether oxygens (including phenoxy) is 1. The van der Waals surface area contributed by atoms with Crippen molar-refractivity contribution >= 4 is 11.9 Å². The molecule has 0 atom stereocenters. The standard InChI is InChI=1S/C10H16O4/c1-4-14-10(13)8(5-7(2)3)6-9(11)12/h5,7H,4,6H2,1-3H3,(H,11,12)/b8-5+. The molecule has 0 aromatic rings. The molecule has 0 saturated heterocycles. The molecule has 80 valence electrons. The Kier molecular flexibility index (Phi) is 5.60. The quantitative estimate of drug-likeness (QED) is 0.541. The molecule has 0 aliphatic carbocycles. The lowest BCUT2D eigenvalue weighted by molar-refractivity contribution is -0.142. The summed E-state index contributed by atoms with van der Waals surface area (Å²) < 4.78 is 4.74. The minimum absolute atomic E-state index is 0.133. The Hall–Kier alpha value is -1.32. The van der Waals surface area contributed by atoms with Crippen molar-refractivity contribution in [1.82, 2.24) is 0 Å². The number of allylic oxidation sites excluding steroid dienone is 1. The Morgan fingerprint density at radius 1 is 1.43 bits per heavy atom. The summed E-state index contributed by atoms with van der Waals surface area (Å²) in [6.45, 7) is 5.70. The molecule has 0 radical (unpaired) electrons. The zero-order chi connectivity index (χ0) is 11.1. The molecule has 1 N–H and O–H groups in total. The Balaban J connectivity index is 4.54. The second-order valence-corrected chi connectivity index (χ2v) is 3.23. The average Bonchev–Trinajstić information content (AvgIpc) is 2.01. The first-order valence-electron chi connectivity index (χ1n) is 4.57. The molecule has 14 heavy (non-hydrogen) atoms. The summed E-state index contributed by atoms with van der Waals surface area (Å²) in [5, 5.41) is 8.57. The molecular weight excluding hydrogens is 184 g/mol. The normalized spacial score (nSPS) is 11.6. The van der Waals surface area contributed by atoms with Gasteiger partial charge in [-0.3, -0.25) is 4.79 Å². The van der Waals surface area contributed by atoms with Crippen LogP contribution in [0, 0.1) is 5.92 Å². The summed E-state index contributed by atoms with van der Waals surface area (Å²) in [5.41, 5.74) is 0.217. The Morgan fingerprint density at radius 3 is 2.36 bits per heavy atom. The average molecular weight is 200 g/mol. The number of hydrogen-bond acceptors (Lipinski definition) is 3. The zero-order valence-corrected chi connectivity index (χ0v) is 8.74. The van der Waals surface area contributed by atoms with Gasteiger partial charge in [-0.15, -0.1) is 0 Å². The largest absolute Gasteiger partial charge is 0.481 e. The topological polar surface area (TPSA) is 63.6 Å². The van der Waals surface area contributed by atoms with Crippen LogP contribution in [0.15, 0.2) is 11.6 Å². The maximum absolute atomic E-state index is 11.3. The number of aliphatic carboxylic acids is 1. The van der Waals surface area contributed by atoms with Crippen LogP contribution < -0.4 is 0 Å². The van der Waals surface area contributed by atoms with E-state index < -0.39 is 11.9 Å². The third-order valence-electron chi connectivity index (χ3n) is 1.41. The fraction of sp³-hybridized carbons (Fsp3) is 0.600. The SMILES string of the molecule is CCOC(=O)/C(=C/C(C)C)CC(=O)O. The number of carboxylic acids is 1. The minimum Gasteiger partial charge on any atom is -0.481 e. The molecule has 0 rings (SSSR count). The van der Waals surface area contributed by atoms with Gasteiger partial charge in [-0.05, 0) is 12.8 Å². The van der Waals surface area contributed by atoms with Crippen LogP contribution in [-0.4, -0.2) is 23.7 Å². The molecule has 0 aromatic carbocycles. The van der Waals surface area contributed by atoms with Crippen LogP contribution in [0.2, 0.25) is 0 Å². The predicted octanol–water partition coefficient (Wildman–Crippen LogP) is 1.61. The first-order valence-corrected chi connectivity index (χ1v) is 4.57. The van der Waals surface area contributed by atoms with Crippen LogP contribution in [0.5, 0.6) is 0 Å². The Labute approximate surface area is 83.6 Å². The van der Waals surface area contributed by atoms with Crippen molar-refractivity contribution in [3.05, 3.63) is 11.6 Å². The summed E-state index contributed by atoms with van der Waals surface area (Å²) >= 11 is 0. The summed E-state index contributed by atoms with van der Waals surface area (Å²) in [7, 11) is 0. The molecule has 0 heterocycles. The minimum atomic E-state index is -1.02. The molecular formula is C10H16O4. The van der Waals surface area contributed by atoms with E-state index >= 15 is 0 Å².